The quantitative estimate of drug-likeness (QED) is 0.680. The standard InChI is InChI=1S/C12H22O4/c1-6-15-10(13)8-7-9(2)11(14)16-12(3,4)5/h9H,6-8H2,1-5H3. The Morgan fingerprint density at radius 3 is 2.25 bits per heavy atom. The molecule has 0 aromatic heterocycles. The van der Waals surface area contributed by atoms with Gasteiger partial charge in [-0.3, -0.25) is 9.59 Å². The van der Waals surface area contributed by atoms with Gasteiger partial charge in [0.2, 0.25) is 0 Å². The van der Waals surface area contributed by atoms with Gasteiger partial charge in [0, 0.05) is 6.42 Å². The molecule has 4 nitrogen and oxygen atoms in total. The van der Waals surface area contributed by atoms with E-state index in [1.807, 2.05) is 20.8 Å². The average molecular weight is 230 g/mol. The van der Waals surface area contributed by atoms with E-state index in [0.717, 1.165) is 0 Å². The molecule has 1 unspecified atom stereocenters. The third kappa shape index (κ3) is 7.26. The topological polar surface area (TPSA) is 52.6 Å². The summed E-state index contributed by atoms with van der Waals surface area (Å²) in [7, 11) is 0. The van der Waals surface area contributed by atoms with Crippen molar-refractivity contribution >= 4 is 11.9 Å². The molecule has 0 aliphatic heterocycles. The predicted molar refractivity (Wildman–Crippen MR) is 60.9 cm³/mol. The van der Waals surface area contributed by atoms with Crippen LogP contribution in [0, 0.1) is 5.92 Å². The Hall–Kier alpha value is -1.06. The molecule has 0 bridgehead atoms. The van der Waals surface area contributed by atoms with E-state index in [9.17, 15) is 9.59 Å². The van der Waals surface area contributed by atoms with Crippen LogP contribution in [0.4, 0.5) is 0 Å². The highest BCUT2D eigenvalue weighted by atomic mass is 16.6. The molecule has 16 heavy (non-hydrogen) atoms. The lowest BCUT2D eigenvalue weighted by atomic mass is 10.1. The van der Waals surface area contributed by atoms with Crippen molar-refractivity contribution in [2.45, 2.75) is 53.1 Å². The van der Waals surface area contributed by atoms with Crippen LogP contribution in [-0.4, -0.2) is 24.1 Å². The number of ether oxygens (including phenoxy) is 2. The van der Waals surface area contributed by atoms with Crippen molar-refractivity contribution in [2.24, 2.45) is 5.92 Å². The molecular formula is C12H22O4. The Kier molecular flexibility index (Phi) is 6.08. The molecule has 0 aromatic rings. The minimum absolute atomic E-state index is 0.258. The maximum Gasteiger partial charge on any atom is 0.309 e. The van der Waals surface area contributed by atoms with Crippen LogP contribution in [0.25, 0.3) is 0 Å². The van der Waals surface area contributed by atoms with Gasteiger partial charge in [-0.15, -0.1) is 0 Å². The molecule has 4 heteroatoms. The molecule has 0 radical (unpaired) electrons. The number of esters is 2. The lowest BCUT2D eigenvalue weighted by molar-refractivity contribution is -0.159. The van der Waals surface area contributed by atoms with Crippen molar-refractivity contribution in [3.8, 4) is 0 Å². The number of carbonyl (C=O) groups is 2. The summed E-state index contributed by atoms with van der Waals surface area (Å²) in [4.78, 5) is 22.6. The van der Waals surface area contributed by atoms with Crippen LogP contribution in [-0.2, 0) is 19.1 Å². The van der Waals surface area contributed by atoms with E-state index in [1.165, 1.54) is 0 Å². The number of hydrogen-bond acceptors (Lipinski definition) is 4. The van der Waals surface area contributed by atoms with Crippen molar-refractivity contribution in [1.82, 2.24) is 0 Å². The van der Waals surface area contributed by atoms with E-state index < -0.39 is 5.60 Å². The van der Waals surface area contributed by atoms with Crippen molar-refractivity contribution < 1.29 is 19.1 Å². The van der Waals surface area contributed by atoms with Gasteiger partial charge in [-0.05, 0) is 34.1 Å². The molecule has 0 saturated heterocycles. The molecule has 0 aliphatic rings. The maximum atomic E-state index is 11.6. The summed E-state index contributed by atoms with van der Waals surface area (Å²) < 4.78 is 9.98. The molecule has 1 atom stereocenters. The van der Waals surface area contributed by atoms with Gasteiger partial charge in [0.25, 0.3) is 0 Å². The molecule has 0 N–H and O–H groups in total. The minimum atomic E-state index is -0.477. The molecular weight excluding hydrogens is 208 g/mol. The van der Waals surface area contributed by atoms with Crippen LogP contribution in [0.5, 0.6) is 0 Å². The normalized spacial score (nSPS) is 13.1. The van der Waals surface area contributed by atoms with Crippen molar-refractivity contribution in [2.75, 3.05) is 6.61 Å². The minimum Gasteiger partial charge on any atom is -0.466 e. The summed E-state index contributed by atoms with van der Waals surface area (Å²) >= 11 is 0. The molecule has 0 rings (SSSR count). The van der Waals surface area contributed by atoms with Crippen LogP contribution < -0.4 is 0 Å². The van der Waals surface area contributed by atoms with E-state index >= 15 is 0 Å². The van der Waals surface area contributed by atoms with Crippen LogP contribution >= 0.6 is 0 Å². The first kappa shape index (κ1) is 14.9. The van der Waals surface area contributed by atoms with Gasteiger partial charge in [-0.25, -0.2) is 0 Å². The molecule has 94 valence electrons. The van der Waals surface area contributed by atoms with E-state index in [1.54, 1.807) is 13.8 Å². The Labute approximate surface area is 97.3 Å². The number of carbonyl (C=O) groups excluding carboxylic acids is 2. The molecule has 0 spiro atoms. The van der Waals surface area contributed by atoms with Gasteiger partial charge in [0.1, 0.15) is 5.60 Å². The van der Waals surface area contributed by atoms with Gasteiger partial charge in [-0.2, -0.15) is 0 Å². The number of rotatable bonds is 5. The fourth-order valence-corrected chi connectivity index (χ4v) is 1.09. The van der Waals surface area contributed by atoms with E-state index in [2.05, 4.69) is 0 Å². The van der Waals surface area contributed by atoms with Crippen LogP contribution in [0.2, 0.25) is 0 Å². The Bertz CT molecular complexity index is 240. The van der Waals surface area contributed by atoms with E-state index in [-0.39, 0.29) is 24.3 Å². The van der Waals surface area contributed by atoms with Gasteiger partial charge < -0.3 is 9.47 Å². The van der Waals surface area contributed by atoms with Crippen molar-refractivity contribution in [3.05, 3.63) is 0 Å². The third-order valence-corrected chi connectivity index (χ3v) is 1.90. The Morgan fingerprint density at radius 2 is 1.81 bits per heavy atom. The highest BCUT2D eigenvalue weighted by molar-refractivity contribution is 5.74. The van der Waals surface area contributed by atoms with E-state index in [4.69, 9.17) is 9.47 Å². The van der Waals surface area contributed by atoms with Crippen molar-refractivity contribution in [1.29, 1.82) is 0 Å². The second-order valence-electron chi connectivity index (χ2n) is 4.78. The SMILES string of the molecule is CCOC(=O)CCC(C)C(=O)OC(C)(C)C. The molecule has 0 saturated carbocycles. The molecule has 0 aromatic carbocycles. The zero-order valence-corrected chi connectivity index (χ0v) is 10.8. The molecule has 0 heterocycles. The molecule has 0 aliphatic carbocycles. The van der Waals surface area contributed by atoms with Gasteiger partial charge >= 0.3 is 11.9 Å². The first-order chi connectivity index (χ1) is 7.26. The smallest absolute Gasteiger partial charge is 0.309 e. The van der Waals surface area contributed by atoms with Gasteiger partial charge in [-0.1, -0.05) is 6.92 Å². The summed E-state index contributed by atoms with van der Waals surface area (Å²) in [5.74, 6) is -0.807. The monoisotopic (exact) mass is 230 g/mol. The van der Waals surface area contributed by atoms with Crippen LogP contribution in [0.1, 0.15) is 47.5 Å². The summed E-state index contributed by atoms with van der Waals surface area (Å²) in [6.07, 6.45) is 0.724. The first-order valence-corrected chi connectivity index (χ1v) is 5.64. The van der Waals surface area contributed by atoms with Crippen LogP contribution in [0.15, 0.2) is 0 Å². The Morgan fingerprint density at radius 1 is 1.25 bits per heavy atom. The van der Waals surface area contributed by atoms with Gasteiger partial charge in [0.15, 0.2) is 0 Å². The maximum absolute atomic E-state index is 11.6. The van der Waals surface area contributed by atoms with Gasteiger partial charge in [0.05, 0.1) is 12.5 Å². The summed E-state index contributed by atoms with van der Waals surface area (Å²) in [6, 6.07) is 0. The van der Waals surface area contributed by atoms with E-state index in [0.29, 0.717) is 13.0 Å². The summed E-state index contributed by atoms with van der Waals surface area (Å²) in [5, 5.41) is 0. The van der Waals surface area contributed by atoms with Crippen molar-refractivity contribution in [3.63, 3.8) is 0 Å². The third-order valence-electron chi connectivity index (χ3n) is 1.90. The molecule has 0 fully saturated rings. The molecule has 0 amide bonds. The second-order valence-corrected chi connectivity index (χ2v) is 4.78. The lowest BCUT2D eigenvalue weighted by Gasteiger charge is -2.22. The lowest BCUT2D eigenvalue weighted by Crippen LogP contribution is -2.28. The predicted octanol–water partition coefficient (Wildman–Crippen LogP) is 2.31. The fourth-order valence-electron chi connectivity index (χ4n) is 1.09. The largest absolute Gasteiger partial charge is 0.466 e. The first-order valence-electron chi connectivity index (χ1n) is 5.64. The summed E-state index contributed by atoms with van der Waals surface area (Å²) in [5.41, 5.74) is -0.477. The second kappa shape index (κ2) is 6.51. The zero-order chi connectivity index (χ0) is 12.8. The average Bonchev–Trinajstić information content (AvgIpc) is 2.11. The highest BCUT2D eigenvalue weighted by Crippen LogP contribution is 2.14. The highest BCUT2D eigenvalue weighted by Gasteiger charge is 2.22. The fraction of sp³-hybridized carbons (Fsp3) is 0.833. The Balaban J connectivity index is 3.93. The zero-order valence-electron chi connectivity index (χ0n) is 10.8. The number of hydrogen-bond donors (Lipinski definition) is 0. The summed E-state index contributed by atoms with van der Waals surface area (Å²) in [6.45, 7) is 9.36. The van der Waals surface area contributed by atoms with Crippen LogP contribution in [0.3, 0.4) is 0 Å².